The van der Waals surface area contributed by atoms with Crippen LogP contribution >= 0.6 is 11.6 Å². The number of anilines is 1. The number of hydrogen-bond acceptors (Lipinski definition) is 2. The summed E-state index contributed by atoms with van der Waals surface area (Å²) in [5.74, 6) is 0.501. The minimum Gasteiger partial charge on any atom is -0.365 e. The number of nitrogens with one attached hydrogen (secondary N) is 1. The van der Waals surface area contributed by atoms with Gasteiger partial charge in [-0.3, -0.25) is 0 Å². The van der Waals surface area contributed by atoms with E-state index < -0.39 is 5.82 Å². The van der Waals surface area contributed by atoms with E-state index in [0.717, 1.165) is 12.8 Å². The molecular formula is C12H18ClFN2. The van der Waals surface area contributed by atoms with E-state index in [2.05, 4.69) is 24.1 Å². The monoisotopic (exact) mass is 244 g/mol. The summed E-state index contributed by atoms with van der Waals surface area (Å²) in [5, 5.41) is 3.38. The Hall–Kier alpha value is -0.830. The fraction of sp³-hybridized carbons (Fsp3) is 0.583. The summed E-state index contributed by atoms with van der Waals surface area (Å²) in [5.41, 5.74) is 0. The molecule has 16 heavy (non-hydrogen) atoms. The van der Waals surface area contributed by atoms with E-state index in [4.69, 9.17) is 11.6 Å². The Balaban J connectivity index is 2.59. The lowest BCUT2D eigenvalue weighted by Crippen LogP contribution is -2.19. The fourth-order valence-corrected chi connectivity index (χ4v) is 1.73. The van der Waals surface area contributed by atoms with E-state index in [1.165, 1.54) is 12.3 Å². The van der Waals surface area contributed by atoms with Crippen LogP contribution in [0.25, 0.3) is 0 Å². The third-order valence-electron chi connectivity index (χ3n) is 2.64. The molecule has 0 aliphatic carbocycles. The van der Waals surface area contributed by atoms with Gasteiger partial charge in [-0.1, -0.05) is 31.9 Å². The first-order valence-electron chi connectivity index (χ1n) is 5.60. The summed E-state index contributed by atoms with van der Waals surface area (Å²) >= 11 is 5.63. The Morgan fingerprint density at radius 2 is 2.19 bits per heavy atom. The Morgan fingerprint density at radius 3 is 2.75 bits per heavy atom. The number of aromatic nitrogens is 1. The molecule has 0 saturated heterocycles. The van der Waals surface area contributed by atoms with E-state index in [1.807, 2.05) is 6.92 Å². The summed E-state index contributed by atoms with van der Waals surface area (Å²) in [4.78, 5) is 3.93. The SMILES string of the molecule is CCC(C)CC(C)Nc1ncc(Cl)cc1F. The van der Waals surface area contributed by atoms with E-state index in [9.17, 15) is 4.39 Å². The van der Waals surface area contributed by atoms with Crippen LogP contribution in [0.4, 0.5) is 10.2 Å². The van der Waals surface area contributed by atoms with Gasteiger partial charge in [0, 0.05) is 12.2 Å². The van der Waals surface area contributed by atoms with Gasteiger partial charge in [0.25, 0.3) is 0 Å². The van der Waals surface area contributed by atoms with Gasteiger partial charge in [0.15, 0.2) is 11.6 Å². The van der Waals surface area contributed by atoms with Gasteiger partial charge in [-0.05, 0) is 25.3 Å². The number of halogens is 2. The molecule has 90 valence electrons. The minimum absolute atomic E-state index is 0.207. The highest BCUT2D eigenvalue weighted by atomic mass is 35.5. The van der Waals surface area contributed by atoms with E-state index in [-0.39, 0.29) is 11.9 Å². The highest BCUT2D eigenvalue weighted by Gasteiger charge is 2.10. The quantitative estimate of drug-likeness (QED) is 0.843. The first-order valence-corrected chi connectivity index (χ1v) is 5.98. The molecule has 1 aromatic rings. The molecule has 0 saturated carbocycles. The molecule has 0 spiro atoms. The Kier molecular flexibility index (Phi) is 5.00. The lowest BCUT2D eigenvalue weighted by Gasteiger charge is -2.18. The zero-order valence-electron chi connectivity index (χ0n) is 9.93. The van der Waals surface area contributed by atoms with Crippen molar-refractivity contribution in [3.63, 3.8) is 0 Å². The zero-order valence-corrected chi connectivity index (χ0v) is 10.7. The third-order valence-corrected chi connectivity index (χ3v) is 2.85. The van der Waals surface area contributed by atoms with Crippen LogP contribution in [0.1, 0.15) is 33.6 Å². The van der Waals surface area contributed by atoms with Gasteiger partial charge in [-0.15, -0.1) is 0 Å². The summed E-state index contributed by atoms with van der Waals surface area (Å²) in [6, 6.07) is 1.48. The van der Waals surface area contributed by atoms with Crippen molar-refractivity contribution in [1.29, 1.82) is 0 Å². The highest BCUT2D eigenvalue weighted by Crippen LogP contribution is 2.18. The molecule has 1 aromatic heterocycles. The molecule has 0 bridgehead atoms. The van der Waals surface area contributed by atoms with E-state index in [0.29, 0.717) is 10.9 Å². The minimum atomic E-state index is -0.400. The molecule has 0 amide bonds. The van der Waals surface area contributed by atoms with Crippen LogP contribution < -0.4 is 5.32 Å². The fourth-order valence-electron chi connectivity index (χ4n) is 1.58. The molecule has 0 aliphatic rings. The van der Waals surface area contributed by atoms with Gasteiger partial charge >= 0.3 is 0 Å². The molecule has 0 aliphatic heterocycles. The van der Waals surface area contributed by atoms with Crippen molar-refractivity contribution < 1.29 is 4.39 Å². The average Bonchev–Trinajstić information content (AvgIpc) is 2.22. The van der Waals surface area contributed by atoms with Crippen LogP contribution in [0, 0.1) is 11.7 Å². The Morgan fingerprint density at radius 1 is 1.50 bits per heavy atom. The second-order valence-corrected chi connectivity index (χ2v) is 4.71. The lowest BCUT2D eigenvalue weighted by molar-refractivity contribution is 0.481. The average molecular weight is 245 g/mol. The van der Waals surface area contributed by atoms with Crippen LogP contribution in [0.5, 0.6) is 0 Å². The van der Waals surface area contributed by atoms with Crippen molar-refractivity contribution in [2.45, 2.75) is 39.7 Å². The number of pyridine rings is 1. The second-order valence-electron chi connectivity index (χ2n) is 4.28. The maximum absolute atomic E-state index is 13.4. The lowest BCUT2D eigenvalue weighted by atomic mass is 10.0. The molecule has 1 rings (SSSR count). The molecule has 0 fully saturated rings. The first-order chi connectivity index (χ1) is 7.52. The van der Waals surface area contributed by atoms with Crippen LogP contribution in [-0.2, 0) is 0 Å². The molecule has 0 radical (unpaired) electrons. The van der Waals surface area contributed by atoms with Crippen molar-refractivity contribution in [2.24, 2.45) is 5.92 Å². The van der Waals surface area contributed by atoms with Gasteiger partial charge < -0.3 is 5.32 Å². The van der Waals surface area contributed by atoms with Crippen LogP contribution in [0.2, 0.25) is 5.02 Å². The highest BCUT2D eigenvalue weighted by molar-refractivity contribution is 6.30. The molecule has 1 heterocycles. The van der Waals surface area contributed by atoms with Gasteiger partial charge in [-0.2, -0.15) is 0 Å². The Labute approximate surface area is 101 Å². The molecule has 4 heteroatoms. The van der Waals surface area contributed by atoms with Gasteiger partial charge in [0.05, 0.1) is 5.02 Å². The van der Waals surface area contributed by atoms with E-state index >= 15 is 0 Å². The van der Waals surface area contributed by atoms with Gasteiger partial charge in [-0.25, -0.2) is 9.37 Å². The van der Waals surface area contributed by atoms with Crippen molar-refractivity contribution in [2.75, 3.05) is 5.32 Å². The standard InChI is InChI=1S/C12H18ClFN2/c1-4-8(2)5-9(3)16-12-11(14)6-10(13)7-15-12/h6-9H,4-5H2,1-3H3,(H,15,16). The maximum atomic E-state index is 13.4. The first kappa shape index (κ1) is 13.2. The predicted octanol–water partition coefficient (Wildman–Crippen LogP) is 4.11. The predicted molar refractivity (Wildman–Crippen MR) is 66.4 cm³/mol. The van der Waals surface area contributed by atoms with Crippen molar-refractivity contribution in [1.82, 2.24) is 4.98 Å². The summed E-state index contributed by atoms with van der Waals surface area (Å²) in [6.07, 6.45) is 3.58. The summed E-state index contributed by atoms with van der Waals surface area (Å²) < 4.78 is 13.4. The van der Waals surface area contributed by atoms with Crippen LogP contribution in [-0.4, -0.2) is 11.0 Å². The summed E-state index contributed by atoms with van der Waals surface area (Å²) in [7, 11) is 0. The topological polar surface area (TPSA) is 24.9 Å². The molecular weight excluding hydrogens is 227 g/mol. The molecule has 0 aromatic carbocycles. The summed E-state index contributed by atoms with van der Waals surface area (Å²) in [6.45, 7) is 6.37. The van der Waals surface area contributed by atoms with Crippen molar-refractivity contribution >= 4 is 17.4 Å². The Bertz CT molecular complexity index is 344. The maximum Gasteiger partial charge on any atom is 0.166 e. The molecule has 1 N–H and O–H groups in total. The zero-order chi connectivity index (χ0) is 12.1. The molecule has 2 nitrogen and oxygen atoms in total. The van der Waals surface area contributed by atoms with Gasteiger partial charge in [0.1, 0.15) is 0 Å². The number of rotatable bonds is 5. The number of hydrogen-bond donors (Lipinski definition) is 1. The largest absolute Gasteiger partial charge is 0.365 e. The van der Waals surface area contributed by atoms with Crippen molar-refractivity contribution in [3.05, 3.63) is 23.1 Å². The number of nitrogens with zero attached hydrogens (tertiary/aromatic N) is 1. The third kappa shape index (κ3) is 3.97. The van der Waals surface area contributed by atoms with Crippen LogP contribution in [0.15, 0.2) is 12.3 Å². The van der Waals surface area contributed by atoms with E-state index in [1.54, 1.807) is 0 Å². The van der Waals surface area contributed by atoms with Gasteiger partial charge in [0.2, 0.25) is 0 Å². The van der Waals surface area contributed by atoms with Crippen LogP contribution in [0.3, 0.4) is 0 Å². The van der Waals surface area contributed by atoms with Crippen molar-refractivity contribution in [3.8, 4) is 0 Å². The second kappa shape index (κ2) is 6.04. The normalized spacial score (nSPS) is 14.6. The smallest absolute Gasteiger partial charge is 0.166 e. The molecule has 2 unspecified atom stereocenters. The molecule has 2 atom stereocenters.